The third kappa shape index (κ3) is 5.49. The van der Waals surface area contributed by atoms with Gasteiger partial charge in [0, 0.05) is 23.7 Å². The first-order valence-electron chi connectivity index (χ1n) is 8.38. The summed E-state index contributed by atoms with van der Waals surface area (Å²) in [4.78, 5) is 23.9. The quantitative estimate of drug-likeness (QED) is 0.731. The number of rotatable bonds is 7. The molecule has 2 aromatic rings. The first-order valence-corrected chi connectivity index (χ1v) is 8.76. The minimum Gasteiger partial charge on any atom is -0.484 e. The van der Waals surface area contributed by atoms with E-state index in [4.69, 9.17) is 16.3 Å². The molecule has 5 nitrogen and oxygen atoms in total. The lowest BCUT2D eigenvalue weighted by atomic mass is 10.1. The monoisotopic (exact) mass is 374 g/mol. The number of halogens is 1. The van der Waals surface area contributed by atoms with Gasteiger partial charge in [0.05, 0.1) is 0 Å². The molecule has 0 saturated heterocycles. The van der Waals surface area contributed by atoms with Crippen LogP contribution in [0.5, 0.6) is 5.75 Å². The molecule has 26 heavy (non-hydrogen) atoms. The summed E-state index contributed by atoms with van der Waals surface area (Å²) >= 11 is 6.11. The Morgan fingerprint density at radius 1 is 0.962 bits per heavy atom. The van der Waals surface area contributed by atoms with Crippen molar-refractivity contribution in [1.82, 2.24) is 10.6 Å². The smallest absolute Gasteiger partial charge is 0.258 e. The highest BCUT2D eigenvalue weighted by Crippen LogP contribution is 2.25. The minimum atomic E-state index is -0.250. The maximum atomic E-state index is 12.1. The Bertz CT molecular complexity index is 782. The normalized spacial score (nSPS) is 10.3. The molecule has 0 spiro atoms. The molecule has 0 fully saturated rings. The Morgan fingerprint density at radius 3 is 2.23 bits per heavy atom. The lowest BCUT2D eigenvalue weighted by Crippen LogP contribution is -2.37. The number of carbonyl (C=O) groups is 2. The lowest BCUT2D eigenvalue weighted by Gasteiger charge is -2.11. The molecule has 0 atom stereocenters. The van der Waals surface area contributed by atoms with Gasteiger partial charge in [-0.25, -0.2) is 0 Å². The summed E-state index contributed by atoms with van der Waals surface area (Å²) in [6, 6.07) is 11.0. The molecular formula is C20H23ClN2O3. The van der Waals surface area contributed by atoms with Crippen molar-refractivity contribution in [2.45, 2.75) is 20.8 Å². The zero-order valence-electron chi connectivity index (χ0n) is 15.2. The highest BCUT2D eigenvalue weighted by atomic mass is 35.5. The average Bonchev–Trinajstić information content (AvgIpc) is 2.61. The van der Waals surface area contributed by atoms with Gasteiger partial charge in [-0.2, -0.15) is 0 Å². The third-order valence-electron chi connectivity index (χ3n) is 3.90. The van der Waals surface area contributed by atoms with Crippen LogP contribution < -0.4 is 15.4 Å². The second kappa shape index (κ2) is 9.25. The van der Waals surface area contributed by atoms with E-state index in [2.05, 4.69) is 10.6 Å². The zero-order valence-corrected chi connectivity index (χ0v) is 15.9. The number of nitrogens with one attached hydrogen (secondary N) is 2. The molecule has 0 aliphatic heterocycles. The third-order valence-corrected chi connectivity index (χ3v) is 4.50. The average molecular weight is 375 g/mol. The number of aryl methyl sites for hydroxylation is 3. The second-order valence-corrected chi connectivity index (χ2v) is 6.46. The number of benzene rings is 2. The molecule has 0 saturated carbocycles. The summed E-state index contributed by atoms with van der Waals surface area (Å²) in [6.07, 6.45) is 0. The largest absolute Gasteiger partial charge is 0.484 e. The molecule has 0 bridgehead atoms. The van der Waals surface area contributed by atoms with Crippen molar-refractivity contribution < 1.29 is 14.3 Å². The molecule has 0 aromatic heterocycles. The molecule has 0 aliphatic rings. The van der Waals surface area contributed by atoms with Crippen molar-refractivity contribution in [3.05, 3.63) is 63.7 Å². The fourth-order valence-corrected chi connectivity index (χ4v) is 2.60. The Balaban J connectivity index is 1.71. The molecule has 0 aliphatic carbocycles. The Morgan fingerprint density at radius 2 is 1.58 bits per heavy atom. The van der Waals surface area contributed by atoms with Crippen LogP contribution in [0, 0.1) is 20.8 Å². The molecule has 0 radical (unpaired) electrons. The summed E-state index contributed by atoms with van der Waals surface area (Å²) in [6.45, 7) is 6.25. The lowest BCUT2D eigenvalue weighted by molar-refractivity contribution is -0.123. The molecule has 2 N–H and O–H groups in total. The number of ether oxygens (including phenoxy) is 1. The van der Waals surface area contributed by atoms with Gasteiger partial charge in [0.2, 0.25) is 0 Å². The number of amides is 2. The second-order valence-electron chi connectivity index (χ2n) is 6.08. The van der Waals surface area contributed by atoms with Crippen LogP contribution in [0.25, 0.3) is 0 Å². The number of hydrogen-bond donors (Lipinski definition) is 2. The highest BCUT2D eigenvalue weighted by Gasteiger charge is 2.08. The fourth-order valence-electron chi connectivity index (χ4n) is 2.49. The van der Waals surface area contributed by atoms with E-state index in [1.54, 1.807) is 18.2 Å². The Hall–Kier alpha value is -2.53. The van der Waals surface area contributed by atoms with Crippen molar-refractivity contribution >= 4 is 23.4 Å². The van der Waals surface area contributed by atoms with Crippen LogP contribution >= 0.6 is 11.6 Å². The van der Waals surface area contributed by atoms with Crippen molar-refractivity contribution in [1.29, 1.82) is 0 Å². The van der Waals surface area contributed by atoms with Gasteiger partial charge in [-0.05, 0) is 55.7 Å². The van der Waals surface area contributed by atoms with Gasteiger partial charge in [-0.3, -0.25) is 9.59 Å². The van der Waals surface area contributed by atoms with Crippen LogP contribution in [0.4, 0.5) is 0 Å². The first-order chi connectivity index (χ1) is 12.4. The van der Waals surface area contributed by atoms with Crippen molar-refractivity contribution in [2.24, 2.45) is 0 Å². The molecule has 2 aromatic carbocycles. The maximum absolute atomic E-state index is 12.1. The van der Waals surface area contributed by atoms with Crippen LogP contribution in [0.3, 0.4) is 0 Å². The van der Waals surface area contributed by atoms with E-state index < -0.39 is 0 Å². The van der Waals surface area contributed by atoms with Crippen LogP contribution in [-0.4, -0.2) is 31.5 Å². The van der Waals surface area contributed by atoms with Gasteiger partial charge in [0.25, 0.3) is 11.8 Å². The van der Waals surface area contributed by atoms with E-state index in [9.17, 15) is 9.59 Å². The minimum absolute atomic E-state index is 0.0910. The summed E-state index contributed by atoms with van der Waals surface area (Å²) < 4.78 is 5.49. The van der Waals surface area contributed by atoms with Crippen molar-refractivity contribution in [3.63, 3.8) is 0 Å². The SMILES string of the molecule is Cc1ccccc1C(=O)NCCNC(=O)COc1cc(C)c(Cl)c(C)c1. The van der Waals surface area contributed by atoms with E-state index in [0.29, 0.717) is 29.4 Å². The van der Waals surface area contributed by atoms with Crippen LogP contribution in [0.2, 0.25) is 5.02 Å². The van der Waals surface area contributed by atoms with E-state index in [1.807, 2.05) is 39.0 Å². The van der Waals surface area contributed by atoms with Gasteiger partial charge < -0.3 is 15.4 Å². The van der Waals surface area contributed by atoms with E-state index in [1.165, 1.54) is 0 Å². The van der Waals surface area contributed by atoms with Gasteiger partial charge >= 0.3 is 0 Å². The van der Waals surface area contributed by atoms with Crippen LogP contribution in [-0.2, 0) is 4.79 Å². The predicted molar refractivity (Wildman–Crippen MR) is 103 cm³/mol. The Kier molecular flexibility index (Phi) is 7.04. The number of carbonyl (C=O) groups excluding carboxylic acids is 2. The van der Waals surface area contributed by atoms with Gasteiger partial charge in [0.15, 0.2) is 6.61 Å². The molecule has 0 heterocycles. The molecular weight excluding hydrogens is 352 g/mol. The first kappa shape index (κ1) is 19.8. The van der Waals surface area contributed by atoms with E-state index in [0.717, 1.165) is 16.7 Å². The zero-order chi connectivity index (χ0) is 19.1. The topological polar surface area (TPSA) is 67.4 Å². The maximum Gasteiger partial charge on any atom is 0.258 e. The molecule has 0 unspecified atom stereocenters. The Labute approximate surface area is 158 Å². The summed E-state index contributed by atoms with van der Waals surface area (Å²) in [5, 5.41) is 6.19. The van der Waals surface area contributed by atoms with Crippen molar-refractivity contribution in [2.75, 3.05) is 19.7 Å². The molecule has 6 heteroatoms. The summed E-state index contributed by atoms with van der Waals surface area (Å²) in [7, 11) is 0. The standard InChI is InChI=1S/C20H23ClN2O3/c1-13-6-4-5-7-17(13)20(25)23-9-8-22-18(24)12-26-16-10-14(2)19(21)15(3)11-16/h4-7,10-11H,8-9,12H2,1-3H3,(H,22,24)(H,23,25). The van der Waals surface area contributed by atoms with Gasteiger partial charge in [-0.1, -0.05) is 29.8 Å². The molecule has 2 amide bonds. The molecule has 138 valence electrons. The predicted octanol–water partition coefficient (Wildman–Crippen LogP) is 3.19. The summed E-state index contributed by atoms with van der Waals surface area (Å²) in [5.74, 6) is 0.202. The van der Waals surface area contributed by atoms with E-state index in [-0.39, 0.29) is 18.4 Å². The van der Waals surface area contributed by atoms with Gasteiger partial charge in [0.1, 0.15) is 5.75 Å². The van der Waals surface area contributed by atoms with Crippen LogP contribution in [0.15, 0.2) is 36.4 Å². The molecule has 2 rings (SSSR count). The summed E-state index contributed by atoms with van der Waals surface area (Å²) in [5.41, 5.74) is 3.36. The van der Waals surface area contributed by atoms with Gasteiger partial charge in [-0.15, -0.1) is 0 Å². The number of hydrogen-bond acceptors (Lipinski definition) is 3. The van der Waals surface area contributed by atoms with Crippen LogP contribution in [0.1, 0.15) is 27.0 Å². The fraction of sp³-hybridized carbons (Fsp3) is 0.300. The van der Waals surface area contributed by atoms with Crippen molar-refractivity contribution in [3.8, 4) is 5.75 Å². The highest BCUT2D eigenvalue weighted by molar-refractivity contribution is 6.32. The van der Waals surface area contributed by atoms with E-state index >= 15 is 0 Å².